The minimum atomic E-state index is -1.32. The first-order valence-corrected chi connectivity index (χ1v) is 9.97. The number of nitrogens with one attached hydrogen (secondary N) is 1. The number of thiophene rings is 1. The molecule has 0 unspecified atom stereocenters. The fourth-order valence-electron chi connectivity index (χ4n) is 2.42. The number of rotatable bonds is 9. The van der Waals surface area contributed by atoms with E-state index in [9.17, 15) is 28.0 Å². The minimum Gasteiger partial charge on any atom is -0.460 e. The van der Waals surface area contributed by atoms with Gasteiger partial charge in [-0.25, -0.2) is 18.4 Å². The summed E-state index contributed by atoms with van der Waals surface area (Å²) in [5, 5.41) is 1.88. The topological polar surface area (TPSA) is 134 Å². The highest BCUT2D eigenvalue weighted by Gasteiger charge is 2.26. The van der Waals surface area contributed by atoms with E-state index in [1.54, 1.807) is 0 Å². The van der Waals surface area contributed by atoms with Gasteiger partial charge in [0, 0.05) is 7.11 Å². The molecule has 2 rings (SSSR count). The van der Waals surface area contributed by atoms with E-state index < -0.39 is 52.6 Å². The van der Waals surface area contributed by atoms with Gasteiger partial charge < -0.3 is 25.3 Å². The van der Waals surface area contributed by atoms with Gasteiger partial charge in [0.1, 0.15) is 11.6 Å². The van der Waals surface area contributed by atoms with Gasteiger partial charge in [0.2, 0.25) is 0 Å². The van der Waals surface area contributed by atoms with Gasteiger partial charge in [-0.2, -0.15) is 0 Å². The van der Waals surface area contributed by atoms with Crippen LogP contribution in [-0.2, 0) is 19.0 Å². The van der Waals surface area contributed by atoms with E-state index >= 15 is 0 Å². The third-order valence-corrected chi connectivity index (χ3v) is 5.45. The Hall–Kier alpha value is -3.09. The number of nitrogens with two attached hydrogens (primary N) is 1. The van der Waals surface area contributed by atoms with Crippen molar-refractivity contribution in [3.05, 3.63) is 50.4 Å². The lowest BCUT2D eigenvalue weighted by molar-refractivity contribution is -0.119. The molecule has 0 saturated carbocycles. The van der Waals surface area contributed by atoms with Crippen LogP contribution in [0.25, 0.3) is 0 Å². The number of ether oxygens (including phenoxy) is 3. The standard InChI is InChI=1S/C19H17ClF2N2O7S/c1-8-14(19(28)30-4-3-29-2)17(32-15(8)16(23)26)24-13(25)7-31-18(27)9-5-11(21)12(22)6-10(9)20/h5-6H,3-4,7H2,1-2H3,(H2,23,26)(H,24,25). The van der Waals surface area contributed by atoms with Crippen molar-refractivity contribution in [1.29, 1.82) is 0 Å². The molecule has 172 valence electrons. The monoisotopic (exact) mass is 490 g/mol. The molecule has 1 aromatic heterocycles. The first-order valence-electron chi connectivity index (χ1n) is 8.77. The lowest BCUT2D eigenvalue weighted by Gasteiger charge is -2.09. The third-order valence-electron chi connectivity index (χ3n) is 3.91. The molecule has 9 nitrogen and oxygen atoms in total. The second-order valence-electron chi connectivity index (χ2n) is 6.12. The number of methoxy groups -OCH3 is 1. The van der Waals surface area contributed by atoms with Crippen LogP contribution in [0.2, 0.25) is 5.02 Å². The number of primary amides is 1. The Balaban J connectivity index is 2.14. The Labute approximate surface area is 189 Å². The third kappa shape index (κ3) is 5.99. The summed E-state index contributed by atoms with van der Waals surface area (Å²) in [6.45, 7) is 0.651. The number of amides is 2. The van der Waals surface area contributed by atoms with Crippen molar-refractivity contribution in [3.63, 3.8) is 0 Å². The van der Waals surface area contributed by atoms with E-state index in [4.69, 9.17) is 31.5 Å². The van der Waals surface area contributed by atoms with Crippen LogP contribution in [0.4, 0.5) is 13.8 Å². The Morgan fingerprint density at radius 3 is 2.38 bits per heavy atom. The van der Waals surface area contributed by atoms with Crippen molar-refractivity contribution >= 4 is 51.7 Å². The fourth-order valence-corrected chi connectivity index (χ4v) is 3.71. The van der Waals surface area contributed by atoms with Gasteiger partial charge in [-0.15, -0.1) is 11.3 Å². The quantitative estimate of drug-likeness (QED) is 0.313. The molecule has 32 heavy (non-hydrogen) atoms. The molecule has 1 aromatic carbocycles. The van der Waals surface area contributed by atoms with E-state index in [2.05, 4.69) is 5.32 Å². The number of esters is 2. The van der Waals surface area contributed by atoms with E-state index in [0.717, 1.165) is 11.3 Å². The Bertz CT molecular complexity index is 1070. The summed E-state index contributed by atoms with van der Waals surface area (Å²) in [5.74, 6) is -6.30. The highest BCUT2D eigenvalue weighted by Crippen LogP contribution is 2.33. The van der Waals surface area contributed by atoms with E-state index in [-0.39, 0.29) is 34.2 Å². The summed E-state index contributed by atoms with van der Waals surface area (Å²) in [6.07, 6.45) is 0. The van der Waals surface area contributed by atoms with Crippen LogP contribution in [0.3, 0.4) is 0 Å². The van der Waals surface area contributed by atoms with Crippen molar-refractivity contribution in [2.45, 2.75) is 6.92 Å². The molecule has 13 heteroatoms. The first-order chi connectivity index (χ1) is 15.1. The zero-order valence-corrected chi connectivity index (χ0v) is 18.3. The summed E-state index contributed by atoms with van der Waals surface area (Å²) in [5.41, 5.74) is 4.92. The van der Waals surface area contributed by atoms with Crippen molar-refractivity contribution in [2.75, 3.05) is 32.2 Å². The van der Waals surface area contributed by atoms with E-state index in [0.29, 0.717) is 12.1 Å². The van der Waals surface area contributed by atoms with Crippen molar-refractivity contribution in [2.24, 2.45) is 5.73 Å². The van der Waals surface area contributed by atoms with Crippen LogP contribution >= 0.6 is 22.9 Å². The summed E-state index contributed by atoms with van der Waals surface area (Å²) in [4.78, 5) is 48.3. The lowest BCUT2D eigenvalue weighted by atomic mass is 10.1. The molecular weight excluding hydrogens is 474 g/mol. The van der Waals surface area contributed by atoms with Gasteiger partial charge in [0.15, 0.2) is 18.2 Å². The molecule has 0 fully saturated rings. The molecule has 0 aliphatic carbocycles. The number of carbonyl (C=O) groups is 4. The second-order valence-corrected chi connectivity index (χ2v) is 7.55. The van der Waals surface area contributed by atoms with Crippen LogP contribution in [0.5, 0.6) is 0 Å². The van der Waals surface area contributed by atoms with Gasteiger partial charge >= 0.3 is 11.9 Å². The fraction of sp³-hybridized carbons (Fsp3) is 0.263. The highest BCUT2D eigenvalue weighted by atomic mass is 35.5. The summed E-state index contributed by atoms with van der Waals surface area (Å²) >= 11 is 6.42. The average Bonchev–Trinajstić information content (AvgIpc) is 3.05. The molecular formula is C19H17ClF2N2O7S. The van der Waals surface area contributed by atoms with Crippen molar-refractivity contribution < 1.29 is 42.2 Å². The summed E-state index contributed by atoms with van der Waals surface area (Å²) in [6, 6.07) is 1.13. The molecule has 0 atom stereocenters. The molecule has 0 radical (unpaired) electrons. The number of hydrogen-bond donors (Lipinski definition) is 2. The van der Waals surface area contributed by atoms with Crippen LogP contribution in [0.1, 0.15) is 36.0 Å². The van der Waals surface area contributed by atoms with Gasteiger partial charge in [-0.3, -0.25) is 9.59 Å². The van der Waals surface area contributed by atoms with Crippen LogP contribution in [0.15, 0.2) is 12.1 Å². The smallest absolute Gasteiger partial charge is 0.341 e. The Morgan fingerprint density at radius 2 is 1.75 bits per heavy atom. The minimum absolute atomic E-state index is 0.0181. The van der Waals surface area contributed by atoms with E-state index in [1.165, 1.54) is 14.0 Å². The lowest BCUT2D eigenvalue weighted by Crippen LogP contribution is -2.22. The maximum atomic E-state index is 13.3. The molecule has 2 aromatic rings. The van der Waals surface area contributed by atoms with Crippen molar-refractivity contribution in [3.8, 4) is 0 Å². The van der Waals surface area contributed by atoms with Crippen LogP contribution < -0.4 is 11.1 Å². The van der Waals surface area contributed by atoms with Gasteiger partial charge in [-0.05, 0) is 24.6 Å². The number of hydrogen-bond acceptors (Lipinski definition) is 8. The predicted octanol–water partition coefficient (Wildman–Crippen LogP) is 2.69. The maximum Gasteiger partial charge on any atom is 0.341 e. The number of carbonyl (C=O) groups excluding carboxylic acids is 4. The van der Waals surface area contributed by atoms with Gasteiger partial charge in [-0.1, -0.05) is 11.6 Å². The molecule has 0 saturated heterocycles. The molecule has 0 aliphatic rings. The molecule has 0 spiro atoms. The molecule has 0 aliphatic heterocycles. The Kier molecular flexibility index (Phi) is 8.63. The highest BCUT2D eigenvalue weighted by molar-refractivity contribution is 7.18. The average molecular weight is 491 g/mol. The maximum absolute atomic E-state index is 13.3. The van der Waals surface area contributed by atoms with Crippen LogP contribution in [0, 0.1) is 18.6 Å². The number of halogens is 3. The molecule has 1 heterocycles. The molecule has 2 amide bonds. The van der Waals surface area contributed by atoms with Gasteiger partial charge in [0.05, 0.1) is 27.6 Å². The van der Waals surface area contributed by atoms with Crippen molar-refractivity contribution in [1.82, 2.24) is 0 Å². The first kappa shape index (κ1) is 25.2. The zero-order chi connectivity index (χ0) is 24.0. The summed E-state index contributed by atoms with van der Waals surface area (Å²) in [7, 11) is 1.41. The molecule has 0 bridgehead atoms. The SMILES string of the molecule is COCCOC(=O)c1c(NC(=O)COC(=O)c2cc(F)c(F)cc2Cl)sc(C(N)=O)c1C. The second kappa shape index (κ2) is 11.0. The normalized spacial score (nSPS) is 10.5. The van der Waals surface area contributed by atoms with Crippen LogP contribution in [-0.4, -0.2) is 50.7 Å². The van der Waals surface area contributed by atoms with Gasteiger partial charge in [0.25, 0.3) is 11.8 Å². The number of benzene rings is 1. The largest absolute Gasteiger partial charge is 0.460 e. The predicted molar refractivity (Wildman–Crippen MR) is 110 cm³/mol. The molecule has 3 N–H and O–H groups in total. The zero-order valence-electron chi connectivity index (χ0n) is 16.8. The van der Waals surface area contributed by atoms with E-state index in [1.807, 2.05) is 0 Å². The summed E-state index contributed by atoms with van der Waals surface area (Å²) < 4.78 is 41.0. The number of anilines is 1. The Morgan fingerprint density at radius 1 is 1.09 bits per heavy atom.